The number of carbonyl (C=O) groups excluding carboxylic acids is 1. The average molecular weight is 374 g/mol. The third kappa shape index (κ3) is 2.92. The molecule has 5 rings (SSSR count). The van der Waals surface area contributed by atoms with Crippen molar-refractivity contribution in [3.63, 3.8) is 0 Å². The summed E-state index contributed by atoms with van der Waals surface area (Å²) >= 11 is 1.65. The topological polar surface area (TPSA) is 59.8 Å². The summed E-state index contributed by atoms with van der Waals surface area (Å²) in [5.41, 5.74) is 2.96. The van der Waals surface area contributed by atoms with E-state index < -0.39 is 0 Å². The number of allylic oxidation sites excluding steroid dienone is 3. The highest BCUT2D eigenvalue weighted by molar-refractivity contribution is 7.10. The Morgan fingerprint density at radius 3 is 2.85 bits per heavy atom. The Morgan fingerprint density at radius 2 is 2.04 bits per heavy atom. The number of aromatic nitrogens is 3. The molecule has 0 bridgehead atoms. The molecule has 0 unspecified atom stereocenters. The fraction of sp³-hybridized carbons (Fsp3) is 0.190. The van der Waals surface area contributed by atoms with Gasteiger partial charge >= 0.3 is 0 Å². The standard InChI is InChI=1S/C21H18N4OS/c26-17-12-15(9-8-14-5-2-1-3-6-14)11-16-19(17)20(18-7-4-10-27-18)25-21(24-16)22-13-23-25/h1-10,13,15,20H,11-12H2,(H,22,23,24)/b9-8+/t15-,20-/m1/s1. The zero-order valence-electron chi connectivity index (χ0n) is 14.6. The van der Waals surface area contributed by atoms with Crippen LogP contribution in [0.1, 0.15) is 29.3 Å². The van der Waals surface area contributed by atoms with Crippen molar-refractivity contribution in [1.29, 1.82) is 0 Å². The first-order chi connectivity index (χ1) is 13.3. The minimum atomic E-state index is -0.176. The molecule has 134 valence electrons. The molecule has 2 atom stereocenters. The second-order valence-corrected chi connectivity index (χ2v) is 7.80. The molecule has 1 aliphatic carbocycles. The van der Waals surface area contributed by atoms with Crippen molar-refractivity contribution in [1.82, 2.24) is 14.8 Å². The molecule has 5 nitrogen and oxygen atoms in total. The molecule has 3 aromatic rings. The lowest BCUT2D eigenvalue weighted by Gasteiger charge is -2.33. The number of anilines is 1. The Hall–Kier alpha value is -2.99. The van der Waals surface area contributed by atoms with Gasteiger partial charge in [-0.05, 0) is 29.3 Å². The van der Waals surface area contributed by atoms with E-state index in [2.05, 4.69) is 45.8 Å². The summed E-state index contributed by atoms with van der Waals surface area (Å²) in [7, 11) is 0. The summed E-state index contributed by atoms with van der Waals surface area (Å²) in [5.74, 6) is 1.07. The molecule has 0 radical (unpaired) electrons. The Bertz CT molecular complexity index is 1030. The molecule has 1 aromatic carbocycles. The number of fused-ring (bicyclic) bond motifs is 1. The molecule has 0 amide bonds. The summed E-state index contributed by atoms with van der Waals surface area (Å²) in [4.78, 5) is 18.5. The quantitative estimate of drug-likeness (QED) is 0.742. The fourth-order valence-corrected chi connectivity index (χ4v) is 4.66. The van der Waals surface area contributed by atoms with Crippen LogP contribution in [0.25, 0.3) is 6.08 Å². The van der Waals surface area contributed by atoms with Crippen molar-refractivity contribution >= 4 is 29.1 Å². The molecule has 0 saturated heterocycles. The van der Waals surface area contributed by atoms with Gasteiger partial charge in [-0.2, -0.15) is 10.1 Å². The predicted molar refractivity (Wildman–Crippen MR) is 106 cm³/mol. The van der Waals surface area contributed by atoms with E-state index >= 15 is 0 Å². The van der Waals surface area contributed by atoms with Gasteiger partial charge < -0.3 is 5.32 Å². The number of Topliss-reactive ketones (excluding diaryl/α,β-unsaturated/α-hetero) is 1. The third-order valence-corrected chi connectivity index (χ3v) is 5.99. The molecule has 0 spiro atoms. The molecule has 0 saturated carbocycles. The van der Waals surface area contributed by atoms with Gasteiger partial charge in [-0.25, -0.2) is 4.68 Å². The second kappa shape index (κ2) is 6.63. The first-order valence-corrected chi connectivity index (χ1v) is 9.87. The third-order valence-electron chi connectivity index (χ3n) is 5.07. The van der Waals surface area contributed by atoms with Crippen LogP contribution < -0.4 is 5.32 Å². The first kappa shape index (κ1) is 16.2. The molecule has 1 aliphatic heterocycles. The van der Waals surface area contributed by atoms with Crippen LogP contribution in [0.5, 0.6) is 0 Å². The average Bonchev–Trinajstić information content (AvgIpc) is 3.37. The highest BCUT2D eigenvalue weighted by Crippen LogP contribution is 2.42. The number of nitrogens with one attached hydrogen (secondary N) is 1. The molecule has 3 heterocycles. The summed E-state index contributed by atoms with van der Waals surface area (Å²) < 4.78 is 1.82. The van der Waals surface area contributed by atoms with E-state index in [0.717, 1.165) is 28.1 Å². The molecule has 2 aliphatic rings. The van der Waals surface area contributed by atoms with E-state index in [9.17, 15) is 4.79 Å². The van der Waals surface area contributed by atoms with Crippen LogP contribution in [0, 0.1) is 5.92 Å². The normalized spacial score (nSPS) is 21.9. The van der Waals surface area contributed by atoms with Crippen LogP contribution in [0.15, 0.2) is 71.5 Å². The molecule has 0 fully saturated rings. The molecule has 27 heavy (non-hydrogen) atoms. The number of rotatable bonds is 3. The molecular weight excluding hydrogens is 356 g/mol. The van der Waals surface area contributed by atoms with Gasteiger partial charge in [0.15, 0.2) is 5.78 Å². The lowest BCUT2D eigenvalue weighted by molar-refractivity contribution is -0.117. The number of hydrogen-bond donors (Lipinski definition) is 1. The van der Waals surface area contributed by atoms with E-state index in [1.54, 1.807) is 17.7 Å². The minimum absolute atomic E-state index is 0.176. The molecular formula is C21H18N4OS. The largest absolute Gasteiger partial charge is 0.328 e. The van der Waals surface area contributed by atoms with Gasteiger partial charge in [0, 0.05) is 22.6 Å². The number of nitrogens with zero attached hydrogens (tertiary/aromatic N) is 3. The van der Waals surface area contributed by atoms with Crippen LogP contribution >= 0.6 is 11.3 Å². The van der Waals surface area contributed by atoms with Crippen LogP contribution in [-0.4, -0.2) is 20.5 Å². The zero-order chi connectivity index (χ0) is 18.2. The first-order valence-electron chi connectivity index (χ1n) is 8.99. The number of hydrogen-bond acceptors (Lipinski definition) is 5. The van der Waals surface area contributed by atoms with Gasteiger partial charge in [-0.1, -0.05) is 48.6 Å². The van der Waals surface area contributed by atoms with E-state index in [-0.39, 0.29) is 17.7 Å². The van der Waals surface area contributed by atoms with Gasteiger partial charge in [0.25, 0.3) is 0 Å². The maximum atomic E-state index is 13.1. The van der Waals surface area contributed by atoms with Crippen molar-refractivity contribution < 1.29 is 4.79 Å². The highest BCUT2D eigenvalue weighted by Gasteiger charge is 2.38. The van der Waals surface area contributed by atoms with Crippen LogP contribution in [0.2, 0.25) is 0 Å². The van der Waals surface area contributed by atoms with Crippen LogP contribution in [-0.2, 0) is 4.79 Å². The van der Waals surface area contributed by atoms with Crippen molar-refractivity contribution in [3.05, 3.63) is 82.0 Å². The van der Waals surface area contributed by atoms with E-state index in [4.69, 9.17) is 0 Å². The SMILES string of the molecule is O=C1C[C@H](/C=C/c2ccccc2)CC2=C1[C@@H](c1cccs1)n1ncnc1N2. The number of thiophene rings is 1. The lowest BCUT2D eigenvalue weighted by atomic mass is 9.81. The molecule has 1 N–H and O–H groups in total. The van der Waals surface area contributed by atoms with Crippen LogP contribution in [0.3, 0.4) is 0 Å². The summed E-state index contributed by atoms with van der Waals surface area (Å²) in [6.07, 6.45) is 7.12. The summed E-state index contributed by atoms with van der Waals surface area (Å²) in [6.45, 7) is 0. The highest BCUT2D eigenvalue weighted by atomic mass is 32.1. The summed E-state index contributed by atoms with van der Waals surface area (Å²) in [6, 6.07) is 14.1. The molecule has 6 heteroatoms. The zero-order valence-corrected chi connectivity index (χ0v) is 15.4. The number of ketones is 1. The maximum absolute atomic E-state index is 13.1. The fourth-order valence-electron chi connectivity index (χ4n) is 3.84. The monoisotopic (exact) mass is 374 g/mol. The van der Waals surface area contributed by atoms with Crippen molar-refractivity contribution in [2.75, 3.05) is 5.32 Å². The van der Waals surface area contributed by atoms with Crippen molar-refractivity contribution in [3.8, 4) is 0 Å². The van der Waals surface area contributed by atoms with E-state index in [0.29, 0.717) is 12.4 Å². The van der Waals surface area contributed by atoms with E-state index in [1.807, 2.05) is 34.3 Å². The lowest BCUT2D eigenvalue weighted by Crippen LogP contribution is -2.33. The van der Waals surface area contributed by atoms with Crippen LogP contribution in [0.4, 0.5) is 5.95 Å². The van der Waals surface area contributed by atoms with Crippen molar-refractivity contribution in [2.24, 2.45) is 5.92 Å². The number of carbonyl (C=O) groups is 1. The van der Waals surface area contributed by atoms with Crippen molar-refractivity contribution in [2.45, 2.75) is 18.9 Å². The smallest absolute Gasteiger partial charge is 0.226 e. The predicted octanol–water partition coefficient (Wildman–Crippen LogP) is 4.30. The Labute approximate surface area is 161 Å². The Balaban J connectivity index is 1.49. The van der Waals surface area contributed by atoms with Gasteiger partial charge in [0.1, 0.15) is 12.4 Å². The second-order valence-electron chi connectivity index (χ2n) is 6.82. The molecule has 2 aromatic heterocycles. The van der Waals surface area contributed by atoms with Gasteiger partial charge in [-0.15, -0.1) is 11.3 Å². The van der Waals surface area contributed by atoms with Gasteiger partial charge in [0.05, 0.1) is 0 Å². The maximum Gasteiger partial charge on any atom is 0.226 e. The van der Waals surface area contributed by atoms with E-state index in [1.165, 1.54) is 0 Å². The number of benzene rings is 1. The Morgan fingerprint density at radius 1 is 1.15 bits per heavy atom. The van der Waals surface area contributed by atoms with Gasteiger partial charge in [-0.3, -0.25) is 4.79 Å². The van der Waals surface area contributed by atoms with Gasteiger partial charge in [0.2, 0.25) is 5.95 Å². The Kier molecular flexibility index (Phi) is 3.98. The minimum Gasteiger partial charge on any atom is -0.328 e. The summed E-state index contributed by atoms with van der Waals surface area (Å²) in [5, 5.41) is 9.75.